The van der Waals surface area contributed by atoms with Gasteiger partial charge in [-0.15, -0.1) is 0 Å². The van der Waals surface area contributed by atoms with Gasteiger partial charge in [0.15, 0.2) is 5.69 Å². The van der Waals surface area contributed by atoms with E-state index in [1.54, 1.807) is 6.20 Å². The van der Waals surface area contributed by atoms with Crippen LogP contribution in [0.2, 0.25) is 0 Å². The van der Waals surface area contributed by atoms with Crippen molar-refractivity contribution in [3.8, 4) is 5.75 Å². The summed E-state index contributed by atoms with van der Waals surface area (Å²) in [6, 6.07) is 24.6. The number of rotatable bonds is 7. The highest BCUT2D eigenvalue weighted by molar-refractivity contribution is 6.11. The number of aromatic amines is 1. The summed E-state index contributed by atoms with van der Waals surface area (Å²) >= 11 is 0. The predicted octanol–water partition coefficient (Wildman–Crippen LogP) is 5.84. The number of anilines is 1. The van der Waals surface area contributed by atoms with Crippen molar-refractivity contribution >= 4 is 34.8 Å². The van der Waals surface area contributed by atoms with E-state index in [4.69, 9.17) is 4.74 Å². The number of ether oxygens (including phenoxy) is 1. The number of allylic oxidation sites excluding steroid dienone is 2. The van der Waals surface area contributed by atoms with Gasteiger partial charge in [0.2, 0.25) is 0 Å². The molecule has 158 valence electrons. The molecule has 0 saturated heterocycles. The van der Waals surface area contributed by atoms with Crippen molar-refractivity contribution in [2.24, 2.45) is 4.99 Å². The van der Waals surface area contributed by atoms with E-state index in [9.17, 15) is 4.79 Å². The lowest BCUT2D eigenvalue weighted by molar-refractivity contribution is 0.102. The Kier molecular flexibility index (Phi) is 6.22. The number of fused-ring (bicyclic) bond motifs is 1. The molecule has 0 aliphatic rings. The number of para-hydroxylation sites is 2. The van der Waals surface area contributed by atoms with Crippen LogP contribution in [0.25, 0.3) is 16.5 Å². The third-order valence-corrected chi connectivity index (χ3v) is 4.82. The molecule has 3 aromatic carbocycles. The Morgan fingerprint density at radius 2 is 1.78 bits per heavy atom. The van der Waals surface area contributed by atoms with E-state index in [0.29, 0.717) is 22.9 Å². The third-order valence-electron chi connectivity index (χ3n) is 4.82. The lowest BCUT2D eigenvalue weighted by Gasteiger charge is -2.08. The zero-order valence-electron chi connectivity index (χ0n) is 17.6. The van der Waals surface area contributed by atoms with E-state index < -0.39 is 0 Å². The van der Waals surface area contributed by atoms with Crippen LogP contribution in [0.3, 0.4) is 0 Å². The van der Waals surface area contributed by atoms with Crippen LogP contribution < -0.4 is 10.1 Å². The minimum Gasteiger partial charge on any atom is -0.456 e. The number of H-pyrrole nitrogens is 1. The van der Waals surface area contributed by atoms with E-state index >= 15 is 0 Å². The van der Waals surface area contributed by atoms with Crippen molar-refractivity contribution in [3.05, 3.63) is 108 Å². The van der Waals surface area contributed by atoms with Crippen molar-refractivity contribution in [2.75, 3.05) is 5.32 Å². The number of hydrogen-bond donors (Lipinski definition) is 2. The van der Waals surface area contributed by atoms with Crippen molar-refractivity contribution in [1.82, 2.24) is 10.2 Å². The summed E-state index contributed by atoms with van der Waals surface area (Å²) in [4.78, 5) is 16.6. The number of benzene rings is 3. The molecular formula is C26H22N4O2. The van der Waals surface area contributed by atoms with Crippen molar-refractivity contribution in [3.63, 3.8) is 0 Å². The van der Waals surface area contributed by atoms with E-state index in [0.717, 1.165) is 22.0 Å². The summed E-state index contributed by atoms with van der Waals surface area (Å²) in [5.41, 5.74) is 3.70. The molecule has 0 aliphatic carbocycles. The fraction of sp³-hybridized carbons (Fsp3) is 0.0385. The Hall–Kier alpha value is -4.45. The van der Waals surface area contributed by atoms with Gasteiger partial charge in [-0.3, -0.25) is 14.9 Å². The second-order valence-corrected chi connectivity index (χ2v) is 7.11. The molecule has 6 nitrogen and oxygen atoms in total. The van der Waals surface area contributed by atoms with Crippen LogP contribution in [-0.4, -0.2) is 22.8 Å². The monoisotopic (exact) mass is 422 g/mol. The molecule has 0 unspecified atom stereocenters. The Balaban J connectivity index is 1.62. The first kappa shape index (κ1) is 20.8. The van der Waals surface area contributed by atoms with Gasteiger partial charge in [-0.05, 0) is 67.3 Å². The predicted molar refractivity (Wildman–Crippen MR) is 129 cm³/mol. The molecule has 1 aromatic heterocycles. The van der Waals surface area contributed by atoms with Gasteiger partial charge in [0, 0.05) is 11.1 Å². The largest absolute Gasteiger partial charge is 0.456 e. The van der Waals surface area contributed by atoms with Gasteiger partial charge in [0.1, 0.15) is 11.5 Å². The maximum absolute atomic E-state index is 12.8. The number of nitrogens with zero attached hydrogens (tertiary/aromatic N) is 2. The van der Waals surface area contributed by atoms with Crippen LogP contribution in [0.4, 0.5) is 5.69 Å². The van der Waals surface area contributed by atoms with Gasteiger partial charge in [0.25, 0.3) is 5.91 Å². The number of carbonyl (C=O) groups is 1. The van der Waals surface area contributed by atoms with Crippen LogP contribution in [0.5, 0.6) is 5.75 Å². The topological polar surface area (TPSA) is 79.4 Å². The summed E-state index contributed by atoms with van der Waals surface area (Å²) in [5, 5.41) is 10.8. The third kappa shape index (κ3) is 4.82. The maximum atomic E-state index is 12.8. The summed E-state index contributed by atoms with van der Waals surface area (Å²) in [7, 11) is 0. The zero-order chi connectivity index (χ0) is 22.3. The van der Waals surface area contributed by atoms with Gasteiger partial charge in [0.05, 0.1) is 11.7 Å². The molecule has 4 rings (SSSR count). The number of aliphatic imine (C=N–C) groups is 1. The fourth-order valence-corrected chi connectivity index (χ4v) is 3.25. The van der Waals surface area contributed by atoms with Gasteiger partial charge < -0.3 is 10.1 Å². The lowest BCUT2D eigenvalue weighted by Crippen LogP contribution is -2.12. The van der Waals surface area contributed by atoms with E-state index in [1.807, 2.05) is 91.9 Å². The summed E-state index contributed by atoms with van der Waals surface area (Å²) in [5.74, 6) is 0.986. The minimum atomic E-state index is -0.273. The second kappa shape index (κ2) is 9.57. The highest BCUT2D eigenvalue weighted by Crippen LogP contribution is 2.25. The molecule has 0 saturated carbocycles. The minimum absolute atomic E-state index is 0.273. The highest BCUT2D eigenvalue weighted by Gasteiger charge is 2.15. The van der Waals surface area contributed by atoms with E-state index in [2.05, 4.69) is 27.2 Å². The molecular weight excluding hydrogens is 400 g/mol. The Bertz CT molecular complexity index is 1310. The molecule has 6 heteroatoms. The number of carbonyl (C=O) groups excluding carboxylic acids is 1. The molecule has 2 N–H and O–H groups in total. The molecule has 1 amide bonds. The smallest absolute Gasteiger partial charge is 0.276 e. The molecule has 32 heavy (non-hydrogen) atoms. The molecule has 0 bridgehead atoms. The summed E-state index contributed by atoms with van der Waals surface area (Å²) < 4.78 is 5.92. The standard InChI is InChI=1S/C26H22N4O2/c1-18(15-22(17-27-2)32-21-11-7-4-8-12-21)19-13-14-24-23(16-19)25(30-29-24)26(31)28-20-9-5-3-6-10-20/h3-17H,2H2,1H3,(H,28,31)(H,29,30)/b18-15+,22-17+. The van der Waals surface area contributed by atoms with Crippen molar-refractivity contribution < 1.29 is 9.53 Å². The number of amides is 1. The zero-order valence-corrected chi connectivity index (χ0v) is 17.6. The highest BCUT2D eigenvalue weighted by atomic mass is 16.5. The van der Waals surface area contributed by atoms with Crippen LogP contribution in [0, 0.1) is 0 Å². The van der Waals surface area contributed by atoms with Crippen LogP contribution in [-0.2, 0) is 0 Å². The lowest BCUT2D eigenvalue weighted by atomic mass is 10.0. The number of hydrogen-bond acceptors (Lipinski definition) is 4. The Morgan fingerprint density at radius 3 is 2.50 bits per heavy atom. The first-order chi connectivity index (χ1) is 15.6. The molecule has 0 aliphatic heterocycles. The molecule has 0 radical (unpaired) electrons. The molecule has 1 heterocycles. The van der Waals surface area contributed by atoms with E-state index in [1.165, 1.54) is 0 Å². The first-order valence-electron chi connectivity index (χ1n) is 10.1. The molecule has 0 fully saturated rings. The normalized spacial score (nSPS) is 11.9. The molecule has 4 aromatic rings. The second-order valence-electron chi connectivity index (χ2n) is 7.11. The summed E-state index contributed by atoms with van der Waals surface area (Å²) in [6.07, 6.45) is 3.44. The van der Waals surface area contributed by atoms with Crippen LogP contribution >= 0.6 is 0 Å². The van der Waals surface area contributed by atoms with Gasteiger partial charge in [-0.2, -0.15) is 5.10 Å². The Labute approximate surface area is 186 Å². The quantitative estimate of drug-likeness (QED) is 0.223. The average molecular weight is 422 g/mol. The van der Waals surface area contributed by atoms with Crippen molar-refractivity contribution in [1.29, 1.82) is 0 Å². The number of nitrogens with one attached hydrogen (secondary N) is 2. The SMILES string of the molecule is C=N/C=C(\C=C(/C)c1ccc2[nH]nc(C(=O)Nc3ccccc3)c2c1)Oc1ccccc1. The van der Waals surface area contributed by atoms with E-state index in [-0.39, 0.29) is 5.91 Å². The number of aromatic nitrogens is 2. The van der Waals surface area contributed by atoms with Crippen molar-refractivity contribution in [2.45, 2.75) is 6.92 Å². The maximum Gasteiger partial charge on any atom is 0.276 e. The van der Waals surface area contributed by atoms with Gasteiger partial charge in [-0.1, -0.05) is 42.5 Å². The molecule has 0 atom stereocenters. The van der Waals surface area contributed by atoms with Crippen LogP contribution in [0.1, 0.15) is 23.0 Å². The van der Waals surface area contributed by atoms with Crippen LogP contribution in [0.15, 0.2) is 102 Å². The van der Waals surface area contributed by atoms with Gasteiger partial charge in [-0.25, -0.2) is 0 Å². The first-order valence-corrected chi connectivity index (χ1v) is 10.1. The Morgan fingerprint density at radius 1 is 1.06 bits per heavy atom. The average Bonchev–Trinajstić information content (AvgIpc) is 3.24. The van der Waals surface area contributed by atoms with Gasteiger partial charge >= 0.3 is 0 Å². The summed E-state index contributed by atoms with van der Waals surface area (Å²) in [6.45, 7) is 5.50. The molecule has 0 spiro atoms. The fourth-order valence-electron chi connectivity index (χ4n) is 3.25.